The maximum Gasteiger partial charge on any atom is 0.330 e. The zero-order chi connectivity index (χ0) is 18.4. The normalized spacial score (nSPS) is 10.9. The van der Waals surface area contributed by atoms with E-state index in [2.05, 4.69) is 15.2 Å². The number of ether oxygens (including phenoxy) is 1. The van der Waals surface area contributed by atoms with Crippen LogP contribution in [0.2, 0.25) is 0 Å². The van der Waals surface area contributed by atoms with Crippen molar-refractivity contribution in [3.63, 3.8) is 0 Å². The minimum Gasteiger partial charge on any atom is -0.466 e. The van der Waals surface area contributed by atoms with Gasteiger partial charge in [0.15, 0.2) is 0 Å². The van der Waals surface area contributed by atoms with Crippen molar-refractivity contribution in [1.29, 1.82) is 0 Å². The number of nitrogens with one attached hydrogen (secondary N) is 1. The molecule has 1 aromatic carbocycles. The highest BCUT2D eigenvalue weighted by Gasteiger charge is 2.17. The number of aryl methyl sites for hydroxylation is 1. The Bertz CT molecular complexity index is 812. The molecule has 25 heavy (non-hydrogen) atoms. The first-order valence-corrected chi connectivity index (χ1v) is 7.75. The predicted octanol–water partition coefficient (Wildman–Crippen LogP) is 2.02. The van der Waals surface area contributed by atoms with Gasteiger partial charge in [0.25, 0.3) is 0 Å². The molecule has 0 saturated carbocycles. The van der Waals surface area contributed by atoms with E-state index in [-0.39, 0.29) is 24.7 Å². The fourth-order valence-corrected chi connectivity index (χ4v) is 2.41. The number of methoxy groups -OCH3 is 1. The Morgan fingerprint density at radius 2 is 2.04 bits per heavy atom. The van der Waals surface area contributed by atoms with E-state index in [0.717, 1.165) is 5.56 Å². The molecule has 0 aliphatic heterocycles. The molecule has 1 N–H and O–H groups in total. The molecular weight excluding hydrogens is 325 g/mol. The number of hydrogen-bond donors (Lipinski definition) is 1. The van der Waals surface area contributed by atoms with Gasteiger partial charge in [-0.1, -0.05) is 18.2 Å². The number of hydrogen-bond acceptors (Lipinski definition) is 4. The molecule has 0 saturated heterocycles. The summed E-state index contributed by atoms with van der Waals surface area (Å²) in [6.45, 7) is 3.80. The number of rotatable bonds is 6. The average Bonchev–Trinajstić information content (AvgIpc) is 2.87. The van der Waals surface area contributed by atoms with Crippen molar-refractivity contribution in [2.45, 2.75) is 20.3 Å². The molecule has 6 nitrogen and oxygen atoms in total. The fourth-order valence-electron chi connectivity index (χ4n) is 2.41. The van der Waals surface area contributed by atoms with Gasteiger partial charge in [0.1, 0.15) is 11.5 Å². The summed E-state index contributed by atoms with van der Waals surface area (Å²) in [6, 6.07) is 6.34. The molecular formula is C18H20FN3O3. The number of benzene rings is 1. The van der Waals surface area contributed by atoms with Crippen LogP contribution >= 0.6 is 0 Å². The topological polar surface area (TPSA) is 73.2 Å². The Labute approximate surface area is 145 Å². The lowest BCUT2D eigenvalue weighted by atomic mass is 10.1. The van der Waals surface area contributed by atoms with Gasteiger partial charge < -0.3 is 10.1 Å². The molecule has 132 valence electrons. The molecule has 2 aromatic rings. The van der Waals surface area contributed by atoms with E-state index in [4.69, 9.17) is 0 Å². The van der Waals surface area contributed by atoms with Crippen LogP contribution in [0.15, 0.2) is 36.4 Å². The summed E-state index contributed by atoms with van der Waals surface area (Å²) in [7, 11) is 1.28. The summed E-state index contributed by atoms with van der Waals surface area (Å²) in [5, 5.41) is 7.03. The van der Waals surface area contributed by atoms with E-state index in [9.17, 15) is 14.0 Å². The maximum atomic E-state index is 14.0. The molecule has 0 atom stereocenters. The average molecular weight is 345 g/mol. The van der Waals surface area contributed by atoms with Crippen LogP contribution in [0.3, 0.4) is 0 Å². The lowest BCUT2D eigenvalue weighted by molar-refractivity contribution is -0.134. The molecule has 0 radical (unpaired) electrons. The van der Waals surface area contributed by atoms with E-state index >= 15 is 0 Å². The molecule has 2 rings (SSSR count). The number of halogens is 1. The third-order valence-electron chi connectivity index (χ3n) is 3.73. The summed E-state index contributed by atoms with van der Waals surface area (Å²) in [5.41, 5.74) is 2.47. The fraction of sp³-hybridized carbons (Fsp3) is 0.278. The van der Waals surface area contributed by atoms with Crippen molar-refractivity contribution in [3.05, 3.63) is 59.2 Å². The third-order valence-corrected chi connectivity index (χ3v) is 3.73. The van der Waals surface area contributed by atoms with Gasteiger partial charge in [-0.05, 0) is 26.0 Å². The molecule has 0 aliphatic rings. The largest absolute Gasteiger partial charge is 0.466 e. The van der Waals surface area contributed by atoms with Gasteiger partial charge in [-0.3, -0.25) is 4.79 Å². The molecule has 7 heteroatoms. The Hall–Kier alpha value is -2.96. The lowest BCUT2D eigenvalue weighted by Crippen LogP contribution is -2.25. The number of aromatic nitrogens is 2. The van der Waals surface area contributed by atoms with Gasteiger partial charge in [-0.2, -0.15) is 5.10 Å². The Kier molecular flexibility index (Phi) is 6.05. The number of esters is 1. The van der Waals surface area contributed by atoms with Gasteiger partial charge in [0.2, 0.25) is 5.91 Å². The highest BCUT2D eigenvalue weighted by Crippen LogP contribution is 2.20. The number of carbonyl (C=O) groups excluding carboxylic acids is 2. The van der Waals surface area contributed by atoms with Gasteiger partial charge in [0, 0.05) is 23.9 Å². The van der Waals surface area contributed by atoms with Crippen LogP contribution in [-0.2, 0) is 20.7 Å². The van der Waals surface area contributed by atoms with E-state index in [1.165, 1.54) is 30.0 Å². The number of nitrogens with zero attached hydrogens (tertiary/aromatic N) is 2. The second-order valence-corrected chi connectivity index (χ2v) is 5.42. The summed E-state index contributed by atoms with van der Waals surface area (Å²) in [6.07, 6.45) is 2.87. The first-order chi connectivity index (χ1) is 11.9. The zero-order valence-corrected chi connectivity index (χ0v) is 14.4. The summed E-state index contributed by atoms with van der Waals surface area (Å²) in [4.78, 5) is 23.0. The molecule has 1 heterocycles. The molecule has 0 fully saturated rings. The standard InChI is InChI=1S/C18H20FN3O3/c1-12-14(11-17(23)20-10-6-9-18(24)25-3)13(2)22(21-12)16-8-5-4-7-15(16)19/h4-9H,10-11H2,1-3H3,(H,20,23)/b9-6+. The van der Waals surface area contributed by atoms with Gasteiger partial charge in [-0.15, -0.1) is 0 Å². The minimum atomic E-state index is -0.480. The molecule has 1 amide bonds. The molecule has 0 aliphatic carbocycles. The highest BCUT2D eigenvalue weighted by molar-refractivity contribution is 5.82. The van der Waals surface area contributed by atoms with E-state index in [1.807, 2.05) is 0 Å². The van der Waals surface area contributed by atoms with Crippen molar-refractivity contribution >= 4 is 11.9 Å². The van der Waals surface area contributed by atoms with E-state index in [1.54, 1.807) is 32.0 Å². The Balaban J connectivity index is 2.08. The van der Waals surface area contributed by atoms with Crippen LogP contribution in [0.4, 0.5) is 4.39 Å². The van der Waals surface area contributed by atoms with Gasteiger partial charge in [0.05, 0.1) is 19.2 Å². The van der Waals surface area contributed by atoms with E-state index in [0.29, 0.717) is 17.1 Å². The van der Waals surface area contributed by atoms with Crippen molar-refractivity contribution in [3.8, 4) is 5.69 Å². The van der Waals surface area contributed by atoms with Crippen LogP contribution in [0.5, 0.6) is 0 Å². The third kappa shape index (κ3) is 4.53. The number of amides is 1. The van der Waals surface area contributed by atoms with Crippen molar-refractivity contribution in [1.82, 2.24) is 15.1 Å². The van der Waals surface area contributed by atoms with Crippen molar-refractivity contribution < 1.29 is 18.7 Å². The van der Waals surface area contributed by atoms with Crippen molar-refractivity contribution in [2.75, 3.05) is 13.7 Å². The summed E-state index contributed by atoms with van der Waals surface area (Å²) >= 11 is 0. The highest BCUT2D eigenvalue weighted by atomic mass is 19.1. The van der Waals surface area contributed by atoms with Crippen LogP contribution < -0.4 is 5.32 Å². The van der Waals surface area contributed by atoms with E-state index < -0.39 is 5.97 Å². The number of para-hydroxylation sites is 1. The summed E-state index contributed by atoms with van der Waals surface area (Å²) in [5.74, 6) is -1.07. The second kappa shape index (κ2) is 8.23. The van der Waals surface area contributed by atoms with Crippen LogP contribution in [0.1, 0.15) is 17.0 Å². The quantitative estimate of drug-likeness (QED) is 0.642. The second-order valence-electron chi connectivity index (χ2n) is 5.42. The van der Waals surface area contributed by atoms with Crippen molar-refractivity contribution in [2.24, 2.45) is 0 Å². The maximum absolute atomic E-state index is 14.0. The molecule has 0 spiro atoms. The zero-order valence-electron chi connectivity index (χ0n) is 14.4. The predicted molar refractivity (Wildman–Crippen MR) is 90.9 cm³/mol. The smallest absolute Gasteiger partial charge is 0.330 e. The Morgan fingerprint density at radius 3 is 2.72 bits per heavy atom. The summed E-state index contributed by atoms with van der Waals surface area (Å²) < 4.78 is 19.9. The molecule has 1 aromatic heterocycles. The monoisotopic (exact) mass is 345 g/mol. The van der Waals surface area contributed by atoms with Crippen LogP contribution in [0.25, 0.3) is 5.69 Å². The first-order valence-electron chi connectivity index (χ1n) is 7.75. The van der Waals surface area contributed by atoms with Crippen LogP contribution in [0, 0.1) is 19.7 Å². The number of carbonyl (C=O) groups is 2. The van der Waals surface area contributed by atoms with Gasteiger partial charge >= 0.3 is 5.97 Å². The lowest BCUT2D eigenvalue weighted by Gasteiger charge is -2.07. The molecule has 0 bridgehead atoms. The van der Waals surface area contributed by atoms with Crippen LogP contribution in [-0.4, -0.2) is 35.3 Å². The SMILES string of the molecule is COC(=O)/C=C/CNC(=O)Cc1c(C)nn(-c2ccccc2F)c1C. The molecule has 0 unspecified atom stereocenters. The van der Waals surface area contributed by atoms with Gasteiger partial charge in [-0.25, -0.2) is 13.9 Å². The first kappa shape index (κ1) is 18.4. The Morgan fingerprint density at radius 1 is 1.32 bits per heavy atom. The minimum absolute atomic E-state index is 0.123.